The molecule has 1 aliphatic rings. The summed E-state index contributed by atoms with van der Waals surface area (Å²) >= 11 is 7.45. The van der Waals surface area contributed by atoms with Crippen LogP contribution in [0.25, 0.3) is 0 Å². The third kappa shape index (κ3) is 6.02. The highest BCUT2D eigenvalue weighted by Gasteiger charge is 2.35. The highest BCUT2D eigenvalue weighted by molar-refractivity contribution is 7.09. The van der Waals surface area contributed by atoms with Crippen molar-refractivity contribution in [2.75, 3.05) is 13.1 Å². The van der Waals surface area contributed by atoms with Gasteiger partial charge in [0.25, 0.3) is 0 Å². The molecule has 2 aromatic heterocycles. The Morgan fingerprint density at radius 1 is 1.23 bits per heavy atom. The van der Waals surface area contributed by atoms with E-state index >= 15 is 0 Å². The number of alkyl halides is 3. The first kappa shape index (κ1) is 25.2. The average molecular weight is 527 g/mol. The second-order valence-electron chi connectivity index (χ2n) is 8.22. The number of likely N-dealkylation sites (tertiary alicyclic amines) is 1. The number of aromatic nitrogens is 3. The normalized spacial score (nSPS) is 14.8. The number of carbonyl (C=O) groups excluding carboxylic acids is 2. The van der Waals surface area contributed by atoms with Gasteiger partial charge >= 0.3 is 12.1 Å². The second-order valence-corrected chi connectivity index (χ2v) is 9.52. The van der Waals surface area contributed by atoms with Crippen LogP contribution in [-0.2, 0) is 28.9 Å². The molecule has 4 rings (SSSR count). The molecule has 0 saturated carbocycles. The molecule has 1 amide bonds. The van der Waals surface area contributed by atoms with Gasteiger partial charge in [-0.15, -0.1) is 11.3 Å². The Morgan fingerprint density at radius 2 is 1.94 bits per heavy atom. The Balaban J connectivity index is 1.29. The molecule has 0 atom stereocenters. The fourth-order valence-electron chi connectivity index (χ4n) is 3.81. The van der Waals surface area contributed by atoms with Crippen molar-refractivity contribution in [1.29, 1.82) is 0 Å². The van der Waals surface area contributed by atoms with E-state index in [2.05, 4.69) is 10.1 Å². The summed E-state index contributed by atoms with van der Waals surface area (Å²) in [6.07, 6.45) is -3.27. The number of benzene rings is 1. The number of nitrogens with zero attached hydrogens (tertiary/aromatic N) is 4. The van der Waals surface area contributed by atoms with Gasteiger partial charge in [0, 0.05) is 40.7 Å². The number of halogens is 4. The number of hydrogen-bond acceptors (Lipinski definition) is 6. The number of hydrogen-bond donors (Lipinski definition) is 0. The van der Waals surface area contributed by atoms with Crippen LogP contribution in [0, 0.1) is 6.92 Å². The van der Waals surface area contributed by atoms with Gasteiger partial charge in [-0.2, -0.15) is 18.3 Å². The van der Waals surface area contributed by atoms with Gasteiger partial charge in [0.15, 0.2) is 11.4 Å². The number of aryl methyl sites for hydroxylation is 1. The SMILES string of the molecule is Cc1cc(C(F)(F)F)nn1CC(=O)N1CCC(c2nc(C(=O)OCc3ccccc3Cl)cs2)CC1. The Bertz CT molecular complexity index is 1220. The van der Waals surface area contributed by atoms with Crippen molar-refractivity contribution >= 4 is 34.8 Å². The molecule has 1 aliphatic heterocycles. The van der Waals surface area contributed by atoms with E-state index in [0.717, 1.165) is 15.8 Å². The first-order valence-corrected chi connectivity index (χ1v) is 12.1. The van der Waals surface area contributed by atoms with Crippen LogP contribution in [0.5, 0.6) is 0 Å². The zero-order chi connectivity index (χ0) is 25.2. The molecule has 0 unspecified atom stereocenters. The summed E-state index contributed by atoms with van der Waals surface area (Å²) in [4.78, 5) is 31.1. The molecule has 12 heteroatoms. The van der Waals surface area contributed by atoms with Crippen LogP contribution in [0.4, 0.5) is 13.2 Å². The summed E-state index contributed by atoms with van der Waals surface area (Å²) in [5.74, 6) is -0.739. The predicted molar refractivity (Wildman–Crippen MR) is 123 cm³/mol. The van der Waals surface area contributed by atoms with Crippen LogP contribution in [0.15, 0.2) is 35.7 Å². The van der Waals surface area contributed by atoms with E-state index < -0.39 is 17.8 Å². The van der Waals surface area contributed by atoms with Gasteiger partial charge in [0.2, 0.25) is 5.91 Å². The van der Waals surface area contributed by atoms with Gasteiger partial charge < -0.3 is 9.64 Å². The van der Waals surface area contributed by atoms with E-state index in [9.17, 15) is 22.8 Å². The Labute approximate surface area is 208 Å². The van der Waals surface area contributed by atoms with Crippen molar-refractivity contribution in [3.63, 3.8) is 0 Å². The monoisotopic (exact) mass is 526 g/mol. The van der Waals surface area contributed by atoms with Crippen LogP contribution < -0.4 is 0 Å². The van der Waals surface area contributed by atoms with Gasteiger partial charge in [0.1, 0.15) is 13.2 Å². The summed E-state index contributed by atoms with van der Waals surface area (Å²) in [6.45, 7) is 2.18. The van der Waals surface area contributed by atoms with E-state index in [-0.39, 0.29) is 36.4 Å². The molecule has 1 aromatic carbocycles. The van der Waals surface area contributed by atoms with Crippen molar-refractivity contribution in [2.24, 2.45) is 0 Å². The minimum atomic E-state index is -4.55. The lowest BCUT2D eigenvalue weighted by molar-refractivity contribution is -0.142. The number of rotatable bonds is 6. The minimum absolute atomic E-state index is 0.0477. The number of carbonyl (C=O) groups is 2. The first-order chi connectivity index (χ1) is 16.6. The molecule has 3 aromatic rings. The van der Waals surface area contributed by atoms with Crippen LogP contribution in [0.3, 0.4) is 0 Å². The van der Waals surface area contributed by atoms with Crippen molar-refractivity contribution in [2.45, 2.75) is 45.0 Å². The maximum atomic E-state index is 12.9. The molecule has 1 saturated heterocycles. The Kier molecular flexibility index (Phi) is 7.46. The van der Waals surface area contributed by atoms with Gasteiger partial charge in [-0.1, -0.05) is 29.8 Å². The highest BCUT2D eigenvalue weighted by atomic mass is 35.5. The standard InChI is InChI=1S/C23H22ClF3N4O3S/c1-14-10-19(23(25,26)27)29-31(14)11-20(32)30-8-6-15(7-9-30)21-28-18(13-35-21)22(33)34-12-16-4-2-3-5-17(16)24/h2-5,10,13,15H,6-9,11-12H2,1H3. The topological polar surface area (TPSA) is 77.3 Å². The molecule has 7 nitrogen and oxygen atoms in total. The smallest absolute Gasteiger partial charge is 0.435 e. The highest BCUT2D eigenvalue weighted by Crippen LogP contribution is 2.31. The molecule has 0 aliphatic carbocycles. The molecule has 3 heterocycles. The van der Waals surface area contributed by atoms with E-state index in [1.54, 1.807) is 28.5 Å². The van der Waals surface area contributed by atoms with Crippen molar-refractivity contribution < 1.29 is 27.5 Å². The summed E-state index contributed by atoms with van der Waals surface area (Å²) in [5, 5.41) is 6.48. The molecule has 0 radical (unpaired) electrons. The molecule has 0 bridgehead atoms. The van der Waals surface area contributed by atoms with E-state index in [1.807, 2.05) is 6.07 Å². The summed E-state index contributed by atoms with van der Waals surface area (Å²) in [7, 11) is 0. The van der Waals surface area contributed by atoms with Gasteiger partial charge in [-0.25, -0.2) is 9.78 Å². The Hall–Kier alpha value is -2.92. The molecule has 35 heavy (non-hydrogen) atoms. The van der Waals surface area contributed by atoms with Crippen LogP contribution in [0.2, 0.25) is 5.02 Å². The predicted octanol–water partition coefficient (Wildman–Crippen LogP) is 5.08. The van der Waals surface area contributed by atoms with Gasteiger partial charge in [-0.3, -0.25) is 9.48 Å². The second kappa shape index (κ2) is 10.4. The van der Waals surface area contributed by atoms with Crippen LogP contribution >= 0.6 is 22.9 Å². The third-order valence-corrected chi connectivity index (χ3v) is 7.18. The molecule has 0 spiro atoms. The van der Waals surface area contributed by atoms with Crippen molar-refractivity contribution in [1.82, 2.24) is 19.7 Å². The molecule has 1 fully saturated rings. The summed E-state index contributed by atoms with van der Waals surface area (Å²) in [6, 6.07) is 8.03. The van der Waals surface area contributed by atoms with Gasteiger partial charge in [-0.05, 0) is 31.9 Å². The quantitative estimate of drug-likeness (QED) is 0.418. The fourth-order valence-corrected chi connectivity index (χ4v) is 4.97. The zero-order valence-corrected chi connectivity index (χ0v) is 20.3. The minimum Gasteiger partial charge on any atom is -0.456 e. The molecular formula is C23H22ClF3N4O3S. The van der Waals surface area contributed by atoms with Crippen molar-refractivity contribution in [3.05, 3.63) is 68.4 Å². The maximum absolute atomic E-state index is 12.9. The first-order valence-electron chi connectivity index (χ1n) is 10.9. The lowest BCUT2D eigenvalue weighted by Crippen LogP contribution is -2.40. The van der Waals surface area contributed by atoms with E-state index in [0.29, 0.717) is 36.5 Å². The third-order valence-electron chi connectivity index (χ3n) is 5.80. The number of piperidine rings is 1. The number of amides is 1. The average Bonchev–Trinajstić information content (AvgIpc) is 3.46. The van der Waals surface area contributed by atoms with Crippen LogP contribution in [0.1, 0.15) is 51.2 Å². The zero-order valence-electron chi connectivity index (χ0n) is 18.7. The number of ether oxygens (including phenoxy) is 1. The lowest BCUT2D eigenvalue weighted by Gasteiger charge is -2.31. The lowest BCUT2D eigenvalue weighted by atomic mass is 9.97. The summed E-state index contributed by atoms with van der Waals surface area (Å²) < 4.78 is 45.0. The molecule has 186 valence electrons. The molecular weight excluding hydrogens is 505 g/mol. The van der Waals surface area contributed by atoms with Crippen molar-refractivity contribution in [3.8, 4) is 0 Å². The number of thiazole rings is 1. The van der Waals surface area contributed by atoms with Gasteiger partial charge in [0.05, 0.1) is 5.01 Å². The largest absolute Gasteiger partial charge is 0.456 e. The van der Waals surface area contributed by atoms with Crippen LogP contribution in [-0.4, -0.2) is 44.6 Å². The Morgan fingerprint density at radius 3 is 2.60 bits per heavy atom. The van der Waals surface area contributed by atoms with E-state index in [4.69, 9.17) is 16.3 Å². The maximum Gasteiger partial charge on any atom is 0.435 e. The summed E-state index contributed by atoms with van der Waals surface area (Å²) in [5.41, 5.74) is 0.198. The number of esters is 1. The van der Waals surface area contributed by atoms with E-state index in [1.165, 1.54) is 18.3 Å². The fraction of sp³-hybridized carbons (Fsp3) is 0.391. The molecule has 0 N–H and O–H groups in total.